The summed E-state index contributed by atoms with van der Waals surface area (Å²) in [7, 11) is 0. The Hall–Kier alpha value is -6.56. The van der Waals surface area contributed by atoms with Crippen LogP contribution in [0.5, 0.6) is 0 Å². The molecule has 0 amide bonds. The van der Waals surface area contributed by atoms with Crippen molar-refractivity contribution in [3.8, 4) is 22.3 Å². The van der Waals surface area contributed by atoms with E-state index in [4.69, 9.17) is 8.83 Å². The van der Waals surface area contributed by atoms with E-state index in [-0.39, 0.29) is 6.71 Å². The van der Waals surface area contributed by atoms with E-state index in [1.807, 2.05) is 17.4 Å². The molecule has 5 heterocycles. The van der Waals surface area contributed by atoms with Crippen LogP contribution in [-0.2, 0) is 0 Å². The lowest BCUT2D eigenvalue weighted by atomic mass is 9.37. The maximum absolute atomic E-state index is 6.91. The average molecular weight is 692 g/mol. The lowest BCUT2D eigenvalue weighted by molar-refractivity contribution is 0.666. The third-order valence-corrected chi connectivity index (χ3v) is 12.8. The van der Waals surface area contributed by atoms with Gasteiger partial charge in [0.15, 0.2) is 11.2 Å². The molecule has 0 radical (unpaired) electrons. The molecular formula is C48H26BNO2S. The maximum Gasteiger partial charge on any atom is 0.248 e. The van der Waals surface area contributed by atoms with Crippen LogP contribution in [0, 0.1) is 0 Å². The molecule has 11 aromatic rings. The minimum absolute atomic E-state index is 0.0623. The van der Waals surface area contributed by atoms with E-state index >= 15 is 0 Å². The van der Waals surface area contributed by atoms with E-state index < -0.39 is 0 Å². The van der Waals surface area contributed by atoms with Crippen LogP contribution in [0.1, 0.15) is 0 Å². The molecule has 2 aliphatic rings. The van der Waals surface area contributed by atoms with E-state index in [1.165, 1.54) is 58.8 Å². The third kappa shape index (κ3) is 3.64. The first-order valence-corrected chi connectivity index (χ1v) is 18.9. The van der Waals surface area contributed by atoms with Crippen molar-refractivity contribution in [2.45, 2.75) is 0 Å². The van der Waals surface area contributed by atoms with E-state index in [2.05, 4.69) is 157 Å². The van der Waals surface area contributed by atoms with Crippen molar-refractivity contribution in [3.05, 3.63) is 158 Å². The van der Waals surface area contributed by atoms with Crippen LogP contribution in [0.15, 0.2) is 167 Å². The molecule has 0 saturated heterocycles. The highest BCUT2D eigenvalue weighted by Crippen LogP contribution is 2.49. The van der Waals surface area contributed by atoms with Gasteiger partial charge in [-0.05, 0) is 81.7 Å². The summed E-state index contributed by atoms with van der Waals surface area (Å²) in [6.07, 6.45) is 0. The number of fused-ring (bicyclic) bond motifs is 15. The van der Waals surface area contributed by atoms with E-state index in [0.717, 1.165) is 60.9 Å². The topological polar surface area (TPSA) is 29.5 Å². The molecule has 244 valence electrons. The number of benzene rings is 8. The Kier molecular flexibility index (Phi) is 5.33. The number of thiophene rings is 1. The van der Waals surface area contributed by atoms with Crippen LogP contribution in [0.3, 0.4) is 0 Å². The SMILES string of the molecule is c1ccc2c(c1)B1c3ccc4c(oc5ccccc54)c3N(c3cccc4c3oc3ccccc34)c3cc(-c4ccc5sc6ccccc6c5c4)cc-2c31. The van der Waals surface area contributed by atoms with Crippen LogP contribution >= 0.6 is 11.3 Å². The van der Waals surface area contributed by atoms with Crippen molar-refractivity contribution in [1.29, 1.82) is 0 Å². The van der Waals surface area contributed by atoms with Gasteiger partial charge in [0.05, 0.1) is 11.4 Å². The Labute approximate surface area is 308 Å². The second kappa shape index (κ2) is 10.1. The number of furan rings is 2. The highest BCUT2D eigenvalue weighted by molar-refractivity contribution is 7.25. The van der Waals surface area contributed by atoms with Crippen LogP contribution in [0.4, 0.5) is 17.1 Å². The number of nitrogens with zero attached hydrogens (tertiary/aromatic N) is 1. The van der Waals surface area contributed by atoms with Crippen LogP contribution in [0.25, 0.3) is 86.3 Å². The van der Waals surface area contributed by atoms with Crippen molar-refractivity contribution in [1.82, 2.24) is 0 Å². The Morgan fingerprint density at radius 1 is 0.434 bits per heavy atom. The Balaban J connectivity index is 1.18. The molecule has 3 nitrogen and oxygen atoms in total. The second-order valence-corrected chi connectivity index (χ2v) is 15.4. The van der Waals surface area contributed by atoms with Gasteiger partial charge in [0.2, 0.25) is 6.71 Å². The van der Waals surface area contributed by atoms with E-state index in [9.17, 15) is 0 Å². The smallest absolute Gasteiger partial charge is 0.248 e. The lowest BCUT2D eigenvalue weighted by Crippen LogP contribution is -2.54. The first kappa shape index (κ1) is 28.1. The zero-order valence-corrected chi connectivity index (χ0v) is 29.1. The molecule has 5 heteroatoms. The molecular weight excluding hydrogens is 665 g/mol. The molecule has 53 heavy (non-hydrogen) atoms. The number of hydrogen-bond acceptors (Lipinski definition) is 4. The van der Waals surface area contributed by atoms with Gasteiger partial charge in [-0.15, -0.1) is 11.3 Å². The van der Waals surface area contributed by atoms with Gasteiger partial charge in [0.25, 0.3) is 0 Å². The van der Waals surface area contributed by atoms with Gasteiger partial charge >= 0.3 is 0 Å². The normalized spacial score (nSPS) is 13.2. The zero-order chi connectivity index (χ0) is 34.4. The maximum atomic E-state index is 6.91. The monoisotopic (exact) mass is 691 g/mol. The van der Waals surface area contributed by atoms with Crippen LogP contribution in [0.2, 0.25) is 0 Å². The Morgan fingerprint density at radius 2 is 1.13 bits per heavy atom. The molecule has 0 spiro atoms. The molecule has 0 fully saturated rings. The minimum atomic E-state index is 0.0623. The van der Waals surface area contributed by atoms with Gasteiger partial charge in [-0.1, -0.05) is 115 Å². The zero-order valence-electron chi connectivity index (χ0n) is 28.3. The predicted molar refractivity (Wildman–Crippen MR) is 224 cm³/mol. The first-order valence-electron chi connectivity index (χ1n) is 18.1. The Bertz CT molecular complexity index is 3390. The van der Waals surface area contributed by atoms with Crippen molar-refractivity contribution in [2.75, 3.05) is 4.90 Å². The fourth-order valence-electron chi connectivity index (χ4n) is 9.43. The third-order valence-electron chi connectivity index (χ3n) is 11.7. The van der Waals surface area contributed by atoms with Gasteiger partial charge in [0.1, 0.15) is 11.2 Å². The summed E-state index contributed by atoms with van der Waals surface area (Å²) >= 11 is 1.86. The van der Waals surface area contributed by atoms with Crippen molar-refractivity contribution >= 4 is 116 Å². The summed E-state index contributed by atoms with van der Waals surface area (Å²) in [4.78, 5) is 2.45. The summed E-state index contributed by atoms with van der Waals surface area (Å²) in [5.74, 6) is 0. The largest absolute Gasteiger partial charge is 0.454 e. The van der Waals surface area contributed by atoms with Crippen LogP contribution in [-0.4, -0.2) is 6.71 Å². The van der Waals surface area contributed by atoms with E-state index in [0.29, 0.717) is 0 Å². The van der Waals surface area contributed by atoms with Crippen molar-refractivity contribution < 1.29 is 8.83 Å². The fraction of sp³-hybridized carbons (Fsp3) is 0. The van der Waals surface area contributed by atoms with Crippen LogP contribution < -0.4 is 21.3 Å². The molecule has 3 aromatic heterocycles. The van der Waals surface area contributed by atoms with Gasteiger partial charge < -0.3 is 13.7 Å². The highest BCUT2D eigenvalue weighted by Gasteiger charge is 2.44. The number of rotatable bonds is 2. The lowest BCUT2D eigenvalue weighted by Gasteiger charge is -2.36. The van der Waals surface area contributed by atoms with Crippen molar-refractivity contribution in [3.63, 3.8) is 0 Å². The summed E-state index contributed by atoms with van der Waals surface area (Å²) in [5.41, 5.74) is 15.6. The van der Waals surface area contributed by atoms with Crippen molar-refractivity contribution in [2.24, 2.45) is 0 Å². The molecule has 0 N–H and O–H groups in total. The molecule has 0 aliphatic carbocycles. The molecule has 8 aromatic carbocycles. The summed E-state index contributed by atoms with van der Waals surface area (Å²) < 4.78 is 16.3. The second-order valence-electron chi connectivity index (χ2n) is 14.4. The fourth-order valence-corrected chi connectivity index (χ4v) is 10.5. The summed E-state index contributed by atoms with van der Waals surface area (Å²) in [6.45, 7) is 0.0623. The van der Waals surface area contributed by atoms with E-state index in [1.54, 1.807) is 0 Å². The molecule has 0 bridgehead atoms. The first-order chi connectivity index (χ1) is 26.3. The predicted octanol–water partition coefficient (Wildman–Crippen LogP) is 11.8. The van der Waals surface area contributed by atoms with Gasteiger partial charge in [-0.3, -0.25) is 0 Å². The number of hydrogen-bond donors (Lipinski definition) is 0. The standard InChI is InChI=1S/C48H26BNO2S/c1-5-15-37-29(10-1)36-25-28(27-20-23-44-35(24-27)32-13-4-8-19-43(32)53-44)26-40-45(36)49(37)38-22-21-34-31-12-3-7-18-42(31)52-48(34)46(38)50(40)39-16-9-14-33-30-11-2-6-17-41(30)51-47(33)39/h1-26H. The average Bonchev–Trinajstić information content (AvgIpc) is 3.97. The molecule has 0 saturated carbocycles. The highest BCUT2D eigenvalue weighted by atomic mass is 32.1. The quantitative estimate of drug-likeness (QED) is 0.169. The van der Waals surface area contributed by atoms with Gasteiger partial charge in [0, 0.05) is 47.4 Å². The number of para-hydroxylation sites is 3. The summed E-state index contributed by atoms with van der Waals surface area (Å²) in [5, 5.41) is 7.06. The number of anilines is 3. The summed E-state index contributed by atoms with van der Waals surface area (Å²) in [6, 6.07) is 57.4. The Morgan fingerprint density at radius 3 is 2.00 bits per heavy atom. The minimum Gasteiger partial charge on any atom is -0.454 e. The molecule has 0 unspecified atom stereocenters. The van der Waals surface area contributed by atoms with Gasteiger partial charge in [-0.25, -0.2) is 0 Å². The molecule has 13 rings (SSSR count). The van der Waals surface area contributed by atoms with Gasteiger partial charge in [-0.2, -0.15) is 0 Å². The molecule has 0 atom stereocenters. The molecule has 2 aliphatic heterocycles.